The number of nitrogens with zero attached hydrogens (tertiary/aromatic N) is 1. The molecule has 0 saturated carbocycles. The molecule has 1 aliphatic rings. The standard InChI is InChI=1S/C32H36F3N3O4S/c1-20(40)16-36-31(2,3)15-28(41)37-29-30(42)38(18-23-12-13-25(32(33,34)35)14-27(23)43-29)17-21-8-10-22(11-9-21)26-7-5-4-6-24(26)19-39/h4-14,20,29,36,39-40H,15-19H2,1-3H3,(H,37,41)/t20-,29-/m1/s1. The molecular weight excluding hydrogens is 579 g/mol. The van der Waals surface area contributed by atoms with Gasteiger partial charge in [-0.05, 0) is 60.7 Å². The van der Waals surface area contributed by atoms with Crippen LogP contribution >= 0.6 is 11.8 Å². The molecule has 0 aliphatic carbocycles. The van der Waals surface area contributed by atoms with Gasteiger partial charge in [-0.25, -0.2) is 0 Å². The number of rotatable bonds is 10. The van der Waals surface area contributed by atoms with E-state index in [0.29, 0.717) is 5.56 Å². The highest BCUT2D eigenvalue weighted by molar-refractivity contribution is 8.00. The molecule has 4 N–H and O–H groups in total. The molecule has 230 valence electrons. The third kappa shape index (κ3) is 8.60. The highest BCUT2D eigenvalue weighted by Crippen LogP contribution is 2.38. The molecule has 2 atom stereocenters. The number of aliphatic hydroxyl groups excluding tert-OH is 2. The second kappa shape index (κ2) is 13.5. The average Bonchev–Trinajstić information content (AvgIpc) is 3.07. The first kappa shape index (κ1) is 32.5. The van der Waals surface area contributed by atoms with Gasteiger partial charge in [-0.15, -0.1) is 0 Å². The molecule has 0 radical (unpaired) electrons. The van der Waals surface area contributed by atoms with E-state index in [-0.39, 0.29) is 37.6 Å². The summed E-state index contributed by atoms with van der Waals surface area (Å²) >= 11 is 0.900. The van der Waals surface area contributed by atoms with E-state index in [1.165, 1.54) is 11.0 Å². The van der Waals surface area contributed by atoms with Crippen molar-refractivity contribution >= 4 is 23.6 Å². The Morgan fingerprint density at radius 2 is 1.79 bits per heavy atom. The second-order valence-electron chi connectivity index (χ2n) is 11.4. The largest absolute Gasteiger partial charge is 0.416 e. The smallest absolute Gasteiger partial charge is 0.392 e. The summed E-state index contributed by atoms with van der Waals surface area (Å²) < 4.78 is 40.6. The van der Waals surface area contributed by atoms with Crippen molar-refractivity contribution in [2.24, 2.45) is 0 Å². The summed E-state index contributed by atoms with van der Waals surface area (Å²) in [7, 11) is 0. The van der Waals surface area contributed by atoms with Crippen LogP contribution in [-0.2, 0) is 35.5 Å². The van der Waals surface area contributed by atoms with E-state index < -0.39 is 40.6 Å². The number of aliphatic hydroxyl groups is 2. The molecule has 0 unspecified atom stereocenters. The number of carbonyl (C=O) groups excluding carboxylic acids is 2. The van der Waals surface area contributed by atoms with Crippen molar-refractivity contribution in [3.8, 4) is 11.1 Å². The zero-order valence-electron chi connectivity index (χ0n) is 24.2. The van der Waals surface area contributed by atoms with Crippen molar-refractivity contribution in [1.29, 1.82) is 0 Å². The monoisotopic (exact) mass is 615 g/mol. The van der Waals surface area contributed by atoms with Crippen LogP contribution in [0, 0.1) is 0 Å². The predicted octanol–water partition coefficient (Wildman–Crippen LogP) is 5.08. The summed E-state index contributed by atoms with van der Waals surface area (Å²) in [4.78, 5) is 28.7. The van der Waals surface area contributed by atoms with Gasteiger partial charge in [-0.3, -0.25) is 9.59 Å². The van der Waals surface area contributed by atoms with Crippen molar-refractivity contribution in [1.82, 2.24) is 15.5 Å². The number of carbonyl (C=O) groups is 2. The fourth-order valence-electron chi connectivity index (χ4n) is 4.86. The lowest BCUT2D eigenvalue weighted by Crippen LogP contribution is -2.50. The summed E-state index contributed by atoms with van der Waals surface area (Å²) in [6.45, 7) is 5.61. The van der Waals surface area contributed by atoms with Crippen molar-refractivity contribution in [3.63, 3.8) is 0 Å². The summed E-state index contributed by atoms with van der Waals surface area (Å²) in [5.74, 6) is -0.872. The van der Waals surface area contributed by atoms with Gasteiger partial charge in [0.05, 0.1) is 18.3 Å². The van der Waals surface area contributed by atoms with Gasteiger partial charge in [0.25, 0.3) is 5.91 Å². The third-order valence-corrected chi connectivity index (χ3v) is 8.32. The minimum absolute atomic E-state index is 0.0176. The Balaban J connectivity index is 1.59. The number of nitrogens with one attached hydrogen (secondary N) is 2. The summed E-state index contributed by atoms with van der Waals surface area (Å²) in [5, 5.41) is 24.0. The first-order valence-corrected chi connectivity index (χ1v) is 14.8. The molecular formula is C32H36F3N3O4S. The lowest BCUT2D eigenvalue weighted by Gasteiger charge is -2.28. The van der Waals surface area contributed by atoms with Crippen LogP contribution in [0.5, 0.6) is 0 Å². The Morgan fingerprint density at radius 1 is 1.09 bits per heavy atom. The van der Waals surface area contributed by atoms with Gasteiger partial charge in [0.2, 0.25) is 5.91 Å². The molecule has 0 bridgehead atoms. The second-order valence-corrected chi connectivity index (χ2v) is 12.5. The molecule has 11 heteroatoms. The topological polar surface area (TPSA) is 102 Å². The number of hydrogen-bond donors (Lipinski definition) is 4. The average molecular weight is 616 g/mol. The first-order valence-electron chi connectivity index (χ1n) is 13.9. The van der Waals surface area contributed by atoms with E-state index in [1.807, 2.05) is 48.5 Å². The Kier molecular flexibility index (Phi) is 10.2. The third-order valence-electron chi connectivity index (χ3n) is 7.13. The molecule has 4 rings (SSSR count). The van der Waals surface area contributed by atoms with Gasteiger partial charge in [-0.2, -0.15) is 13.2 Å². The molecule has 0 saturated heterocycles. The molecule has 0 spiro atoms. The molecule has 3 aromatic rings. The Hall–Kier alpha value is -3.38. The number of fused-ring (bicyclic) bond motifs is 1. The van der Waals surface area contributed by atoms with Crippen molar-refractivity contribution < 1.29 is 33.0 Å². The summed E-state index contributed by atoms with van der Waals surface area (Å²) in [5.41, 5.74) is 2.40. The minimum Gasteiger partial charge on any atom is -0.392 e. The van der Waals surface area contributed by atoms with Crippen LogP contribution in [0.4, 0.5) is 13.2 Å². The number of amides is 2. The SMILES string of the molecule is C[C@@H](O)CNC(C)(C)CC(=O)N[C@@H]1Sc2cc(C(F)(F)F)ccc2CN(Cc2ccc(-c3ccccc3CO)cc2)C1=O. The summed E-state index contributed by atoms with van der Waals surface area (Å²) in [6.07, 6.45) is -5.19. The van der Waals surface area contributed by atoms with Gasteiger partial charge in [0.15, 0.2) is 5.37 Å². The van der Waals surface area contributed by atoms with Crippen LogP contribution in [0.1, 0.15) is 49.4 Å². The maximum Gasteiger partial charge on any atom is 0.416 e. The number of β-amino-alcohol motifs (C(OH)–C–C–N with tert-alkyl or cyclic N) is 1. The molecule has 1 heterocycles. The fraction of sp³-hybridized carbons (Fsp3) is 0.375. The van der Waals surface area contributed by atoms with Crippen LogP contribution < -0.4 is 10.6 Å². The number of benzene rings is 3. The highest BCUT2D eigenvalue weighted by atomic mass is 32.2. The van der Waals surface area contributed by atoms with E-state index in [2.05, 4.69) is 10.6 Å². The minimum atomic E-state index is -4.56. The number of hydrogen-bond acceptors (Lipinski definition) is 6. The molecule has 7 nitrogen and oxygen atoms in total. The van der Waals surface area contributed by atoms with Crippen LogP contribution in [0.2, 0.25) is 0 Å². The zero-order chi connectivity index (χ0) is 31.4. The number of alkyl halides is 3. The Labute approximate surface area is 253 Å². The highest BCUT2D eigenvalue weighted by Gasteiger charge is 2.36. The molecule has 0 fully saturated rings. The zero-order valence-corrected chi connectivity index (χ0v) is 25.1. The normalized spacial score (nSPS) is 16.4. The summed E-state index contributed by atoms with van der Waals surface area (Å²) in [6, 6.07) is 18.4. The molecule has 3 aromatic carbocycles. The van der Waals surface area contributed by atoms with Crippen molar-refractivity contribution in [2.75, 3.05) is 6.54 Å². The Morgan fingerprint density at radius 3 is 2.44 bits per heavy atom. The number of thioether (sulfide) groups is 1. The lowest BCUT2D eigenvalue weighted by molar-refractivity contribution is -0.137. The van der Waals surface area contributed by atoms with Gasteiger partial charge >= 0.3 is 6.18 Å². The van der Waals surface area contributed by atoms with Crippen molar-refractivity contribution in [3.05, 3.63) is 89.0 Å². The number of halogens is 3. The van der Waals surface area contributed by atoms with Gasteiger partial charge in [0.1, 0.15) is 0 Å². The molecule has 0 aromatic heterocycles. The Bertz CT molecular complexity index is 1440. The fourth-order valence-corrected chi connectivity index (χ4v) is 6.03. The van der Waals surface area contributed by atoms with Crippen LogP contribution in [0.25, 0.3) is 11.1 Å². The first-order chi connectivity index (χ1) is 20.3. The van der Waals surface area contributed by atoms with Crippen LogP contribution in [0.3, 0.4) is 0 Å². The van der Waals surface area contributed by atoms with Crippen molar-refractivity contribution in [2.45, 2.75) is 75.0 Å². The van der Waals surface area contributed by atoms with Gasteiger partial charge < -0.3 is 25.7 Å². The van der Waals surface area contributed by atoms with Crippen LogP contribution in [-0.4, -0.2) is 50.5 Å². The quantitative estimate of drug-likeness (QED) is 0.254. The molecule has 1 aliphatic heterocycles. The van der Waals surface area contributed by atoms with E-state index in [0.717, 1.165) is 46.1 Å². The van der Waals surface area contributed by atoms with E-state index in [9.17, 15) is 33.0 Å². The molecule has 2 amide bonds. The van der Waals surface area contributed by atoms with Crippen LogP contribution in [0.15, 0.2) is 71.6 Å². The van der Waals surface area contributed by atoms with Gasteiger partial charge in [-0.1, -0.05) is 66.4 Å². The van der Waals surface area contributed by atoms with E-state index >= 15 is 0 Å². The predicted molar refractivity (Wildman–Crippen MR) is 160 cm³/mol. The van der Waals surface area contributed by atoms with E-state index in [1.54, 1.807) is 20.8 Å². The van der Waals surface area contributed by atoms with E-state index in [4.69, 9.17) is 0 Å². The lowest BCUT2D eigenvalue weighted by atomic mass is 9.99. The maximum atomic E-state index is 13.8. The van der Waals surface area contributed by atoms with Gasteiger partial charge in [0, 0.05) is 36.5 Å². The maximum absolute atomic E-state index is 13.8. The molecule has 43 heavy (non-hydrogen) atoms.